The highest BCUT2D eigenvalue weighted by molar-refractivity contribution is 8.00. The molecule has 0 aromatic heterocycles. The molecule has 1 fully saturated rings. The molecule has 2 heteroatoms. The van der Waals surface area contributed by atoms with Crippen molar-refractivity contribution in [1.29, 1.82) is 0 Å². The van der Waals surface area contributed by atoms with Gasteiger partial charge in [-0.1, -0.05) is 6.08 Å². The summed E-state index contributed by atoms with van der Waals surface area (Å²) in [5.74, 6) is 1.29. The Morgan fingerprint density at radius 2 is 2.31 bits per heavy atom. The van der Waals surface area contributed by atoms with Gasteiger partial charge in [-0.15, -0.1) is 6.58 Å². The average Bonchev–Trinajstić information content (AvgIpc) is 2.03. The number of hydrogen-bond acceptors (Lipinski definition) is 2. The fourth-order valence-electron chi connectivity index (χ4n) is 1.76. The molecule has 0 aromatic carbocycles. The fraction of sp³-hybridized carbons (Fsp3) is 0.818. The number of allylic oxidation sites excluding steroid dienone is 1. The Bertz CT molecular complexity index is 165. The van der Waals surface area contributed by atoms with E-state index in [1.807, 2.05) is 6.08 Å². The van der Waals surface area contributed by atoms with E-state index in [1.165, 1.54) is 31.8 Å². The summed E-state index contributed by atoms with van der Waals surface area (Å²) in [6, 6.07) is 0. The molecule has 0 atom stereocenters. The van der Waals surface area contributed by atoms with Crippen molar-refractivity contribution in [3.8, 4) is 0 Å². The van der Waals surface area contributed by atoms with E-state index < -0.39 is 0 Å². The van der Waals surface area contributed by atoms with Crippen molar-refractivity contribution in [3.63, 3.8) is 0 Å². The van der Waals surface area contributed by atoms with Crippen LogP contribution in [-0.4, -0.2) is 35.0 Å². The molecule has 13 heavy (non-hydrogen) atoms. The van der Waals surface area contributed by atoms with Crippen LogP contribution < -0.4 is 0 Å². The lowest BCUT2D eigenvalue weighted by atomic mass is 10.1. The molecule has 76 valence electrons. The van der Waals surface area contributed by atoms with Gasteiger partial charge in [0, 0.05) is 23.6 Å². The molecule has 0 aromatic rings. The maximum Gasteiger partial charge on any atom is 0.0231 e. The van der Waals surface area contributed by atoms with E-state index in [2.05, 4.69) is 37.1 Å². The minimum Gasteiger partial charge on any atom is -0.301 e. The number of thioether (sulfide) groups is 1. The molecule has 0 bridgehead atoms. The quantitative estimate of drug-likeness (QED) is 0.506. The summed E-state index contributed by atoms with van der Waals surface area (Å²) in [5.41, 5.74) is 0. The van der Waals surface area contributed by atoms with Crippen molar-refractivity contribution < 1.29 is 0 Å². The summed E-state index contributed by atoms with van der Waals surface area (Å²) in [7, 11) is 0. The third kappa shape index (κ3) is 4.19. The first-order valence-corrected chi connectivity index (χ1v) is 6.10. The van der Waals surface area contributed by atoms with Gasteiger partial charge in [0.05, 0.1) is 0 Å². The number of hydrogen-bond donors (Lipinski definition) is 0. The fourth-order valence-corrected chi connectivity index (χ4v) is 2.94. The normalized spacial score (nSPS) is 22.9. The Hall–Kier alpha value is 0.0500. The Morgan fingerprint density at radius 3 is 2.92 bits per heavy atom. The smallest absolute Gasteiger partial charge is 0.0231 e. The Morgan fingerprint density at radius 1 is 1.54 bits per heavy atom. The lowest BCUT2D eigenvalue weighted by molar-refractivity contribution is 0.258. The summed E-state index contributed by atoms with van der Waals surface area (Å²) >= 11 is 2.10. The van der Waals surface area contributed by atoms with Crippen LogP contribution in [0.3, 0.4) is 0 Å². The lowest BCUT2D eigenvalue weighted by Gasteiger charge is -2.37. The molecule has 1 heterocycles. The monoisotopic (exact) mass is 199 g/mol. The van der Waals surface area contributed by atoms with E-state index in [9.17, 15) is 0 Å². The second-order valence-corrected chi connectivity index (χ2v) is 6.12. The van der Waals surface area contributed by atoms with Gasteiger partial charge < -0.3 is 4.90 Å². The highest BCUT2D eigenvalue weighted by Crippen LogP contribution is 2.29. The minimum absolute atomic E-state index is 0.465. The molecule has 1 rings (SSSR count). The zero-order valence-electron chi connectivity index (χ0n) is 8.88. The van der Waals surface area contributed by atoms with Gasteiger partial charge in [-0.25, -0.2) is 0 Å². The molecule has 1 aliphatic heterocycles. The number of unbranched alkanes of at least 4 members (excludes halogenated alkanes) is 1. The Labute approximate surface area is 86.6 Å². The van der Waals surface area contributed by atoms with Crippen LogP contribution in [0.1, 0.15) is 26.7 Å². The third-order valence-electron chi connectivity index (χ3n) is 2.39. The van der Waals surface area contributed by atoms with Crippen molar-refractivity contribution in [2.45, 2.75) is 31.4 Å². The number of rotatable bonds is 4. The van der Waals surface area contributed by atoms with Gasteiger partial charge in [-0.2, -0.15) is 11.8 Å². The molecule has 0 radical (unpaired) electrons. The maximum absolute atomic E-state index is 3.75. The first-order chi connectivity index (χ1) is 6.14. The zero-order chi connectivity index (χ0) is 9.73. The highest BCUT2D eigenvalue weighted by atomic mass is 32.2. The first-order valence-electron chi connectivity index (χ1n) is 5.11. The molecule has 0 N–H and O–H groups in total. The Kier molecular flexibility index (Phi) is 4.33. The van der Waals surface area contributed by atoms with Crippen LogP contribution in [0.5, 0.6) is 0 Å². The first kappa shape index (κ1) is 11.1. The molecule has 1 aliphatic rings. The SMILES string of the molecule is C=CCCCN1CCSC(C)(C)C1. The molecule has 1 saturated heterocycles. The highest BCUT2D eigenvalue weighted by Gasteiger charge is 2.26. The molecule has 0 unspecified atom stereocenters. The lowest BCUT2D eigenvalue weighted by Crippen LogP contribution is -2.43. The third-order valence-corrected chi connectivity index (χ3v) is 3.68. The molecule has 0 saturated carbocycles. The van der Waals surface area contributed by atoms with Gasteiger partial charge in [0.2, 0.25) is 0 Å². The maximum atomic E-state index is 3.75. The van der Waals surface area contributed by atoms with Crippen molar-refractivity contribution >= 4 is 11.8 Å². The van der Waals surface area contributed by atoms with Crippen molar-refractivity contribution in [3.05, 3.63) is 12.7 Å². The summed E-state index contributed by atoms with van der Waals surface area (Å²) in [4.78, 5) is 2.58. The molecule has 0 aliphatic carbocycles. The predicted octanol–water partition coefficient (Wildman–Crippen LogP) is 2.78. The van der Waals surface area contributed by atoms with Crippen LogP contribution in [-0.2, 0) is 0 Å². The van der Waals surface area contributed by atoms with Crippen molar-refractivity contribution in [1.82, 2.24) is 4.90 Å². The zero-order valence-corrected chi connectivity index (χ0v) is 9.70. The van der Waals surface area contributed by atoms with E-state index in [0.717, 1.165) is 6.42 Å². The van der Waals surface area contributed by atoms with E-state index >= 15 is 0 Å². The van der Waals surface area contributed by atoms with Gasteiger partial charge in [-0.3, -0.25) is 0 Å². The second kappa shape index (κ2) is 5.06. The van der Waals surface area contributed by atoms with Gasteiger partial charge in [0.25, 0.3) is 0 Å². The minimum atomic E-state index is 0.465. The van der Waals surface area contributed by atoms with Gasteiger partial charge >= 0.3 is 0 Å². The van der Waals surface area contributed by atoms with Gasteiger partial charge in [-0.05, 0) is 33.2 Å². The summed E-state index contributed by atoms with van der Waals surface area (Å²) in [6.07, 6.45) is 4.44. The van der Waals surface area contributed by atoms with Crippen LogP contribution in [0.25, 0.3) is 0 Å². The average molecular weight is 199 g/mol. The largest absolute Gasteiger partial charge is 0.301 e. The predicted molar refractivity (Wildman–Crippen MR) is 62.4 cm³/mol. The van der Waals surface area contributed by atoms with Crippen LogP contribution in [0.4, 0.5) is 0 Å². The van der Waals surface area contributed by atoms with Gasteiger partial charge in [0.1, 0.15) is 0 Å². The molecule has 0 spiro atoms. The van der Waals surface area contributed by atoms with Crippen LogP contribution in [0, 0.1) is 0 Å². The van der Waals surface area contributed by atoms with Gasteiger partial charge in [0.15, 0.2) is 0 Å². The second-order valence-electron chi connectivity index (χ2n) is 4.32. The van der Waals surface area contributed by atoms with E-state index in [4.69, 9.17) is 0 Å². The summed E-state index contributed by atoms with van der Waals surface area (Å²) < 4.78 is 0.465. The number of nitrogens with zero attached hydrogens (tertiary/aromatic N) is 1. The van der Waals surface area contributed by atoms with E-state index in [-0.39, 0.29) is 0 Å². The Balaban J connectivity index is 2.22. The summed E-state index contributed by atoms with van der Waals surface area (Å²) in [6.45, 7) is 12.2. The molecule has 1 nitrogen and oxygen atoms in total. The van der Waals surface area contributed by atoms with Crippen LogP contribution in [0.2, 0.25) is 0 Å². The van der Waals surface area contributed by atoms with E-state index in [1.54, 1.807) is 0 Å². The van der Waals surface area contributed by atoms with E-state index in [0.29, 0.717) is 4.75 Å². The van der Waals surface area contributed by atoms with Crippen LogP contribution in [0.15, 0.2) is 12.7 Å². The van der Waals surface area contributed by atoms with Crippen molar-refractivity contribution in [2.24, 2.45) is 0 Å². The molecule has 0 amide bonds. The summed E-state index contributed by atoms with van der Waals surface area (Å²) in [5, 5.41) is 0. The molecular formula is C11H21NS. The molecular weight excluding hydrogens is 178 g/mol. The van der Waals surface area contributed by atoms with Crippen LogP contribution >= 0.6 is 11.8 Å². The standard InChI is InChI=1S/C11H21NS/c1-4-5-6-7-12-8-9-13-11(2,3)10-12/h4H,1,5-10H2,2-3H3. The van der Waals surface area contributed by atoms with Crippen molar-refractivity contribution in [2.75, 3.05) is 25.4 Å². The topological polar surface area (TPSA) is 3.24 Å².